The zero-order valence-electron chi connectivity index (χ0n) is 18.6. The van der Waals surface area contributed by atoms with Crippen LogP contribution in [0, 0.1) is 0 Å². The van der Waals surface area contributed by atoms with Crippen LogP contribution in [0.1, 0.15) is 42.9 Å². The molecule has 0 aliphatic carbocycles. The van der Waals surface area contributed by atoms with Gasteiger partial charge in [0, 0.05) is 0 Å². The first-order valence-corrected chi connectivity index (χ1v) is 11.0. The molecule has 1 aromatic rings. The molecule has 1 aliphatic rings. The topological polar surface area (TPSA) is 126 Å². The second-order valence-corrected chi connectivity index (χ2v) is 7.77. The number of thiol groups is 1. The average Bonchev–Trinajstić information content (AvgIpc) is 2.78. The van der Waals surface area contributed by atoms with Crippen LogP contribution in [-0.2, 0) is 25.7 Å². The summed E-state index contributed by atoms with van der Waals surface area (Å²) >= 11 is 4.14. The largest absolute Gasteiger partial charge is 0.456 e. The van der Waals surface area contributed by atoms with E-state index in [2.05, 4.69) is 40.1 Å². The highest BCUT2D eigenvalue weighted by molar-refractivity contribution is 7.80. The first-order chi connectivity index (χ1) is 15.7. The Morgan fingerprint density at radius 3 is 2.70 bits per heavy atom. The Morgan fingerprint density at radius 1 is 1.27 bits per heavy atom. The van der Waals surface area contributed by atoms with Crippen LogP contribution < -0.4 is 16.0 Å². The molecular weight excluding hydrogens is 444 g/mol. The summed E-state index contributed by atoms with van der Waals surface area (Å²) in [5.41, 5.74) is 0.797. The van der Waals surface area contributed by atoms with Crippen LogP contribution in [0.5, 0.6) is 0 Å². The number of pyridine rings is 1. The van der Waals surface area contributed by atoms with E-state index in [0.717, 1.165) is 0 Å². The molecule has 10 heteroatoms. The minimum atomic E-state index is -1.18. The van der Waals surface area contributed by atoms with E-state index >= 15 is 0 Å². The molecule has 2 bridgehead atoms. The van der Waals surface area contributed by atoms with Gasteiger partial charge in [0.25, 0.3) is 11.8 Å². The minimum Gasteiger partial charge on any atom is -0.456 e. The quantitative estimate of drug-likeness (QED) is 0.228. The van der Waals surface area contributed by atoms with Crippen molar-refractivity contribution < 1.29 is 23.9 Å². The summed E-state index contributed by atoms with van der Waals surface area (Å²) < 4.78 is 5.51. The van der Waals surface area contributed by atoms with E-state index in [1.54, 1.807) is 38.1 Å². The van der Waals surface area contributed by atoms with Crippen molar-refractivity contribution >= 4 is 36.3 Å². The molecule has 33 heavy (non-hydrogen) atoms. The number of cyclic esters (lactones) is 1. The molecule has 2 atom stereocenters. The van der Waals surface area contributed by atoms with Crippen molar-refractivity contribution in [2.75, 3.05) is 5.75 Å². The zero-order valence-corrected chi connectivity index (χ0v) is 19.5. The van der Waals surface area contributed by atoms with E-state index in [0.29, 0.717) is 23.4 Å². The third-order valence-corrected chi connectivity index (χ3v) is 4.85. The van der Waals surface area contributed by atoms with Crippen molar-refractivity contribution in [2.24, 2.45) is 0 Å². The number of carbonyl (C=O) groups is 4. The van der Waals surface area contributed by atoms with E-state index in [1.807, 2.05) is 0 Å². The maximum atomic E-state index is 12.8. The highest BCUT2D eigenvalue weighted by atomic mass is 32.1. The number of nitrogens with one attached hydrogen (secondary N) is 3. The Balaban J connectivity index is 2.40. The molecule has 0 spiro atoms. The Labute approximate surface area is 198 Å². The van der Waals surface area contributed by atoms with Crippen molar-refractivity contribution in [3.05, 3.63) is 65.7 Å². The lowest BCUT2D eigenvalue weighted by molar-refractivity contribution is -0.150. The first-order valence-electron chi connectivity index (χ1n) is 10.4. The molecule has 0 fully saturated rings. The van der Waals surface area contributed by atoms with Crippen LogP contribution in [0.2, 0.25) is 0 Å². The van der Waals surface area contributed by atoms with Gasteiger partial charge < -0.3 is 20.7 Å². The second kappa shape index (κ2) is 12.6. The first kappa shape index (κ1) is 25.9. The van der Waals surface area contributed by atoms with Crippen LogP contribution in [0.15, 0.2) is 54.3 Å². The number of hydrogen-bond acceptors (Lipinski definition) is 7. The van der Waals surface area contributed by atoms with Gasteiger partial charge in [0.15, 0.2) is 0 Å². The molecule has 3 amide bonds. The summed E-state index contributed by atoms with van der Waals surface area (Å²) in [4.78, 5) is 54.9. The summed E-state index contributed by atoms with van der Waals surface area (Å²) in [6, 6.07) is 3.60. The second-order valence-electron chi connectivity index (χ2n) is 7.32. The van der Waals surface area contributed by atoms with Gasteiger partial charge in [0.1, 0.15) is 23.5 Å². The van der Waals surface area contributed by atoms with Gasteiger partial charge in [-0.1, -0.05) is 24.8 Å². The Morgan fingerprint density at radius 2 is 2.03 bits per heavy atom. The molecule has 0 saturated carbocycles. The number of allylic oxidation sites excluding steroid dienone is 2. The number of hydrogen-bond donors (Lipinski definition) is 4. The van der Waals surface area contributed by atoms with Crippen molar-refractivity contribution in [3.63, 3.8) is 0 Å². The summed E-state index contributed by atoms with van der Waals surface area (Å²) in [5.74, 6) is -1.86. The van der Waals surface area contributed by atoms with E-state index in [-0.39, 0.29) is 30.3 Å². The normalized spacial score (nSPS) is 21.8. The fourth-order valence-corrected chi connectivity index (χ4v) is 3.02. The number of ether oxygens (including phenoxy) is 1. The molecule has 3 N–H and O–H groups in total. The Kier molecular flexibility index (Phi) is 9.86. The van der Waals surface area contributed by atoms with Crippen molar-refractivity contribution in [1.82, 2.24) is 20.9 Å². The smallest absolute Gasteiger partial charge is 0.333 e. The fraction of sp³-hybridized carbons (Fsp3) is 0.348. The maximum absolute atomic E-state index is 12.8. The summed E-state index contributed by atoms with van der Waals surface area (Å²) in [6.07, 6.45) is 4.43. The van der Waals surface area contributed by atoms with Crippen molar-refractivity contribution in [2.45, 2.75) is 45.4 Å². The molecule has 9 nitrogen and oxygen atoms in total. The Hall–Kier alpha value is -3.40. The number of rotatable bonds is 4. The third-order valence-electron chi connectivity index (χ3n) is 4.59. The third kappa shape index (κ3) is 7.90. The van der Waals surface area contributed by atoms with Gasteiger partial charge >= 0.3 is 5.97 Å². The van der Waals surface area contributed by atoms with Crippen LogP contribution in [0.3, 0.4) is 0 Å². The number of fused-ring (bicyclic) bond motifs is 2. The van der Waals surface area contributed by atoms with Crippen LogP contribution in [0.4, 0.5) is 0 Å². The highest BCUT2D eigenvalue weighted by Crippen LogP contribution is 2.10. The molecule has 1 aliphatic heterocycles. The van der Waals surface area contributed by atoms with Crippen LogP contribution >= 0.6 is 12.6 Å². The highest BCUT2D eigenvalue weighted by Gasteiger charge is 2.28. The summed E-state index contributed by atoms with van der Waals surface area (Å²) in [6.45, 7) is 6.96. The molecule has 0 aromatic carbocycles. The minimum absolute atomic E-state index is 0.0584. The van der Waals surface area contributed by atoms with E-state index in [9.17, 15) is 19.2 Å². The van der Waals surface area contributed by atoms with Crippen molar-refractivity contribution in [3.8, 4) is 0 Å². The standard InChI is InChI=1S/C23H28N4O5S/c1-4-17-21(29)27-20(14(2)3)23(31)32-16(9-5-6-11-33)12-19(28)24-13-15-8-7-10-18(25-15)22(30)26-17/h4-5,7-10,16,20,33H,2,6,11-13H2,1,3H3,(H,24,28)(H,26,30)(H,27,29)/b9-5+,17-4-/t16-,20+/m1/s1. The molecule has 0 unspecified atom stereocenters. The van der Waals surface area contributed by atoms with E-state index in [1.165, 1.54) is 12.1 Å². The SMILES string of the molecule is C=C(C)[C@@H]1NC(=O)/C(=C/C)NC(=O)c2cccc(n2)CNC(=O)C[C@@H](/C=C/CCS)OC1=O. The van der Waals surface area contributed by atoms with Gasteiger partial charge in [-0.25, -0.2) is 9.78 Å². The molecular formula is C23H28N4O5S. The lowest BCUT2D eigenvalue weighted by Gasteiger charge is -2.22. The number of nitrogens with zero attached hydrogens (tertiary/aromatic N) is 1. The van der Waals surface area contributed by atoms with E-state index in [4.69, 9.17) is 4.74 Å². The van der Waals surface area contributed by atoms with Gasteiger partial charge in [-0.3, -0.25) is 14.4 Å². The number of carbonyl (C=O) groups excluding carboxylic acids is 4. The molecule has 2 rings (SSSR count). The van der Waals surface area contributed by atoms with Crippen LogP contribution in [-0.4, -0.2) is 46.6 Å². The Bertz CT molecular complexity index is 989. The van der Waals surface area contributed by atoms with E-state index < -0.39 is 29.9 Å². The monoisotopic (exact) mass is 472 g/mol. The molecule has 176 valence electrons. The van der Waals surface area contributed by atoms with Gasteiger partial charge in [-0.2, -0.15) is 12.6 Å². The fourth-order valence-electron chi connectivity index (χ4n) is 2.88. The molecule has 1 aromatic heterocycles. The van der Waals surface area contributed by atoms with Crippen molar-refractivity contribution in [1.29, 1.82) is 0 Å². The number of amides is 3. The number of esters is 1. The molecule has 0 radical (unpaired) electrons. The average molecular weight is 473 g/mol. The summed E-state index contributed by atoms with van der Waals surface area (Å²) in [7, 11) is 0. The predicted molar refractivity (Wildman–Crippen MR) is 126 cm³/mol. The maximum Gasteiger partial charge on any atom is 0.333 e. The van der Waals surface area contributed by atoms with Gasteiger partial charge in [-0.05, 0) is 49.8 Å². The lowest BCUT2D eigenvalue weighted by Crippen LogP contribution is -2.46. The predicted octanol–water partition coefficient (Wildman–Crippen LogP) is 1.58. The molecule has 2 heterocycles. The van der Waals surface area contributed by atoms with Gasteiger partial charge in [0.2, 0.25) is 5.91 Å². The van der Waals surface area contributed by atoms with Gasteiger partial charge in [-0.15, -0.1) is 0 Å². The van der Waals surface area contributed by atoms with Gasteiger partial charge in [0.05, 0.1) is 18.7 Å². The molecule has 0 saturated heterocycles. The number of aromatic nitrogens is 1. The summed E-state index contributed by atoms with van der Waals surface area (Å²) in [5, 5.41) is 7.73. The van der Waals surface area contributed by atoms with Crippen LogP contribution in [0.25, 0.3) is 0 Å². The zero-order chi connectivity index (χ0) is 24.4. The lowest BCUT2D eigenvalue weighted by atomic mass is 10.1.